The maximum absolute atomic E-state index is 3.63. The Labute approximate surface area is 108 Å². The first-order valence-corrected chi connectivity index (χ1v) is 6.91. The Balaban J connectivity index is 2.01. The first-order chi connectivity index (χ1) is 8.16. The van der Waals surface area contributed by atoms with Crippen LogP contribution < -0.4 is 5.32 Å². The van der Waals surface area contributed by atoms with Crippen LogP contribution in [0.3, 0.4) is 0 Å². The SMILES string of the molecule is Cc1ccc([C@H](C)NC(C)c2cccs2)cc1. The molecule has 1 heterocycles. The number of thiophene rings is 1. The van der Waals surface area contributed by atoms with Crippen LogP contribution in [-0.2, 0) is 0 Å². The van der Waals surface area contributed by atoms with E-state index in [1.54, 1.807) is 0 Å². The summed E-state index contributed by atoms with van der Waals surface area (Å²) in [5.74, 6) is 0. The van der Waals surface area contributed by atoms with Crippen molar-refractivity contribution in [3.8, 4) is 0 Å². The van der Waals surface area contributed by atoms with Crippen LogP contribution in [0.1, 0.15) is 41.9 Å². The Morgan fingerprint density at radius 1 is 1.00 bits per heavy atom. The van der Waals surface area contributed by atoms with Crippen LogP contribution in [0.25, 0.3) is 0 Å². The monoisotopic (exact) mass is 245 g/mol. The Morgan fingerprint density at radius 3 is 2.29 bits per heavy atom. The molecule has 0 aliphatic carbocycles. The molecule has 2 aromatic rings. The summed E-state index contributed by atoms with van der Waals surface area (Å²) < 4.78 is 0. The van der Waals surface area contributed by atoms with Crippen molar-refractivity contribution in [3.63, 3.8) is 0 Å². The number of nitrogens with one attached hydrogen (secondary N) is 1. The number of hydrogen-bond donors (Lipinski definition) is 1. The zero-order valence-electron chi connectivity index (χ0n) is 10.6. The Kier molecular flexibility index (Phi) is 3.97. The van der Waals surface area contributed by atoms with E-state index in [-0.39, 0.29) is 0 Å². The third-order valence-corrected chi connectivity index (χ3v) is 4.10. The summed E-state index contributed by atoms with van der Waals surface area (Å²) >= 11 is 1.81. The zero-order valence-corrected chi connectivity index (χ0v) is 11.4. The lowest BCUT2D eigenvalue weighted by atomic mass is 10.1. The molecule has 1 nitrogen and oxygen atoms in total. The largest absolute Gasteiger partial charge is 0.303 e. The molecule has 0 fully saturated rings. The fourth-order valence-electron chi connectivity index (χ4n) is 1.95. The summed E-state index contributed by atoms with van der Waals surface area (Å²) in [4.78, 5) is 1.39. The van der Waals surface area contributed by atoms with Crippen LogP contribution in [0, 0.1) is 6.92 Å². The molecule has 90 valence electrons. The van der Waals surface area contributed by atoms with Gasteiger partial charge in [-0.2, -0.15) is 0 Å². The molecule has 1 aromatic heterocycles. The first-order valence-electron chi connectivity index (χ1n) is 6.03. The van der Waals surface area contributed by atoms with Gasteiger partial charge in [-0.1, -0.05) is 35.9 Å². The highest BCUT2D eigenvalue weighted by Gasteiger charge is 2.11. The minimum Gasteiger partial charge on any atom is -0.303 e. The van der Waals surface area contributed by atoms with Crippen LogP contribution in [0.5, 0.6) is 0 Å². The van der Waals surface area contributed by atoms with Gasteiger partial charge in [0.1, 0.15) is 0 Å². The minimum atomic E-state index is 0.382. The Hall–Kier alpha value is -1.12. The molecule has 2 atom stereocenters. The predicted molar refractivity (Wildman–Crippen MR) is 75.5 cm³/mol. The van der Waals surface area contributed by atoms with E-state index < -0.39 is 0 Å². The van der Waals surface area contributed by atoms with Crippen molar-refractivity contribution in [3.05, 3.63) is 57.8 Å². The first kappa shape index (κ1) is 12.3. The second kappa shape index (κ2) is 5.48. The Morgan fingerprint density at radius 2 is 1.71 bits per heavy atom. The van der Waals surface area contributed by atoms with Gasteiger partial charge in [0.15, 0.2) is 0 Å². The molecular weight excluding hydrogens is 226 g/mol. The van der Waals surface area contributed by atoms with E-state index in [0.717, 1.165) is 0 Å². The fourth-order valence-corrected chi connectivity index (χ4v) is 2.69. The molecule has 0 bridgehead atoms. The highest BCUT2D eigenvalue weighted by molar-refractivity contribution is 7.10. The average Bonchev–Trinajstić information content (AvgIpc) is 2.83. The van der Waals surface area contributed by atoms with Gasteiger partial charge in [-0.15, -0.1) is 11.3 Å². The van der Waals surface area contributed by atoms with Crippen molar-refractivity contribution in [2.24, 2.45) is 0 Å². The molecule has 0 saturated carbocycles. The minimum absolute atomic E-state index is 0.382. The van der Waals surface area contributed by atoms with E-state index in [1.807, 2.05) is 11.3 Å². The molecular formula is C15H19NS. The summed E-state index contributed by atoms with van der Waals surface area (Å²) in [5.41, 5.74) is 2.66. The Bertz CT molecular complexity index is 444. The molecule has 2 heteroatoms. The summed E-state index contributed by atoms with van der Waals surface area (Å²) in [6, 6.07) is 13.8. The molecule has 17 heavy (non-hydrogen) atoms. The average molecular weight is 245 g/mol. The van der Waals surface area contributed by atoms with Crippen molar-refractivity contribution in [1.82, 2.24) is 5.32 Å². The molecule has 0 spiro atoms. The van der Waals surface area contributed by atoms with Crippen LogP contribution in [0.2, 0.25) is 0 Å². The fraction of sp³-hybridized carbons (Fsp3) is 0.333. The van der Waals surface area contributed by atoms with Crippen LogP contribution in [0.4, 0.5) is 0 Å². The van der Waals surface area contributed by atoms with Crippen molar-refractivity contribution in [2.75, 3.05) is 0 Å². The van der Waals surface area contributed by atoms with Gasteiger partial charge < -0.3 is 5.32 Å². The van der Waals surface area contributed by atoms with Crippen molar-refractivity contribution in [1.29, 1.82) is 0 Å². The number of hydrogen-bond acceptors (Lipinski definition) is 2. The van der Waals surface area contributed by atoms with Gasteiger partial charge >= 0.3 is 0 Å². The third-order valence-electron chi connectivity index (χ3n) is 3.05. The molecule has 1 N–H and O–H groups in total. The molecule has 0 aliphatic heterocycles. The maximum Gasteiger partial charge on any atom is 0.0391 e. The molecule has 2 rings (SSSR count). The maximum atomic E-state index is 3.63. The van der Waals surface area contributed by atoms with Crippen LogP contribution >= 0.6 is 11.3 Å². The zero-order chi connectivity index (χ0) is 12.3. The second-order valence-electron chi connectivity index (χ2n) is 4.54. The molecule has 1 unspecified atom stereocenters. The lowest BCUT2D eigenvalue weighted by molar-refractivity contribution is 0.500. The predicted octanol–water partition coefficient (Wildman–Crippen LogP) is 4.47. The van der Waals surface area contributed by atoms with E-state index in [0.29, 0.717) is 12.1 Å². The second-order valence-corrected chi connectivity index (χ2v) is 5.52. The quantitative estimate of drug-likeness (QED) is 0.838. The molecule has 0 aliphatic rings. The van der Waals surface area contributed by atoms with Gasteiger partial charge in [0.25, 0.3) is 0 Å². The summed E-state index contributed by atoms with van der Waals surface area (Å²) in [7, 11) is 0. The molecule has 0 saturated heterocycles. The van der Waals surface area contributed by atoms with Crippen molar-refractivity contribution >= 4 is 11.3 Å². The van der Waals surface area contributed by atoms with Gasteiger partial charge in [-0.3, -0.25) is 0 Å². The van der Waals surface area contributed by atoms with Crippen molar-refractivity contribution in [2.45, 2.75) is 32.9 Å². The van der Waals surface area contributed by atoms with Gasteiger partial charge in [0, 0.05) is 17.0 Å². The lowest BCUT2D eigenvalue weighted by Gasteiger charge is -2.19. The smallest absolute Gasteiger partial charge is 0.0391 e. The van der Waals surface area contributed by atoms with Crippen molar-refractivity contribution < 1.29 is 0 Å². The molecule has 1 aromatic carbocycles. The van der Waals surface area contributed by atoms with Gasteiger partial charge in [-0.25, -0.2) is 0 Å². The molecule has 0 amide bonds. The lowest BCUT2D eigenvalue weighted by Crippen LogP contribution is -2.21. The van der Waals surface area contributed by atoms with E-state index in [4.69, 9.17) is 0 Å². The topological polar surface area (TPSA) is 12.0 Å². The van der Waals surface area contributed by atoms with E-state index in [1.165, 1.54) is 16.0 Å². The highest BCUT2D eigenvalue weighted by Crippen LogP contribution is 2.22. The summed E-state index contributed by atoms with van der Waals surface area (Å²) in [6.07, 6.45) is 0. The highest BCUT2D eigenvalue weighted by atomic mass is 32.1. The van der Waals surface area contributed by atoms with Crippen LogP contribution in [0.15, 0.2) is 41.8 Å². The normalized spacial score (nSPS) is 14.5. The van der Waals surface area contributed by atoms with Crippen LogP contribution in [-0.4, -0.2) is 0 Å². The number of aryl methyl sites for hydroxylation is 1. The number of benzene rings is 1. The number of rotatable bonds is 4. The van der Waals surface area contributed by atoms with E-state index >= 15 is 0 Å². The van der Waals surface area contributed by atoms with E-state index in [9.17, 15) is 0 Å². The summed E-state index contributed by atoms with van der Waals surface area (Å²) in [5, 5.41) is 5.76. The van der Waals surface area contributed by atoms with Gasteiger partial charge in [0.2, 0.25) is 0 Å². The van der Waals surface area contributed by atoms with Gasteiger partial charge in [-0.05, 0) is 37.8 Å². The van der Waals surface area contributed by atoms with E-state index in [2.05, 4.69) is 67.9 Å². The molecule has 0 radical (unpaired) electrons. The summed E-state index contributed by atoms with van der Waals surface area (Å²) in [6.45, 7) is 6.56. The van der Waals surface area contributed by atoms with Gasteiger partial charge in [0.05, 0.1) is 0 Å². The third kappa shape index (κ3) is 3.18. The standard InChI is InChI=1S/C15H19NS/c1-11-6-8-14(9-7-11)12(2)16-13(3)15-5-4-10-17-15/h4-10,12-13,16H,1-3H3/t12-,13?/m0/s1.